The fourth-order valence-corrected chi connectivity index (χ4v) is 3.79. The highest BCUT2D eigenvalue weighted by Crippen LogP contribution is 2.30. The van der Waals surface area contributed by atoms with E-state index < -0.39 is 0 Å². The summed E-state index contributed by atoms with van der Waals surface area (Å²) in [6.07, 6.45) is 15.9. The first-order valence-corrected chi connectivity index (χ1v) is 10.6. The van der Waals surface area contributed by atoms with Crippen molar-refractivity contribution < 1.29 is 9.53 Å². The van der Waals surface area contributed by atoms with E-state index in [0.717, 1.165) is 44.9 Å². The van der Waals surface area contributed by atoms with E-state index in [4.69, 9.17) is 10.00 Å². The molecule has 1 aromatic carbocycles. The smallest absolute Gasteiger partial charge is 0.338 e. The Morgan fingerprint density at radius 2 is 1.89 bits per heavy atom. The van der Waals surface area contributed by atoms with Crippen molar-refractivity contribution in [3.8, 4) is 6.07 Å². The second-order valence-electron chi connectivity index (χ2n) is 7.66. The van der Waals surface area contributed by atoms with Crippen molar-refractivity contribution >= 4 is 5.97 Å². The van der Waals surface area contributed by atoms with Gasteiger partial charge in [-0.2, -0.15) is 5.26 Å². The third-order valence-electron chi connectivity index (χ3n) is 5.51. The summed E-state index contributed by atoms with van der Waals surface area (Å²) in [5, 5.41) is 8.50. The first kappa shape index (κ1) is 21.2. The molecule has 146 valence electrons. The average Bonchev–Trinajstić information content (AvgIpc) is 2.70. The number of unbranched alkanes of at least 4 members (excludes halogenated alkanes) is 3. The summed E-state index contributed by atoms with van der Waals surface area (Å²) in [6.45, 7) is 2.22. The Kier molecular flexibility index (Phi) is 9.69. The Bertz CT molecular complexity index is 619. The van der Waals surface area contributed by atoms with Gasteiger partial charge >= 0.3 is 5.97 Å². The topological polar surface area (TPSA) is 50.1 Å². The van der Waals surface area contributed by atoms with Crippen molar-refractivity contribution in [3.05, 3.63) is 47.5 Å². The summed E-state index contributed by atoms with van der Waals surface area (Å²) in [5.74, 6) is 0.503. The van der Waals surface area contributed by atoms with Crippen LogP contribution in [-0.4, -0.2) is 12.1 Å². The molecule has 0 bridgehead atoms. The Morgan fingerprint density at radius 3 is 2.56 bits per heavy atom. The van der Waals surface area contributed by atoms with E-state index in [1.165, 1.54) is 31.2 Å². The van der Waals surface area contributed by atoms with Gasteiger partial charge in [0.05, 0.1) is 11.6 Å². The van der Waals surface area contributed by atoms with Gasteiger partial charge in [0.25, 0.3) is 0 Å². The largest absolute Gasteiger partial charge is 0.459 e. The Hall–Kier alpha value is -2.08. The van der Waals surface area contributed by atoms with Crippen LogP contribution in [0, 0.1) is 17.2 Å². The van der Waals surface area contributed by atoms with E-state index in [1.54, 1.807) is 6.08 Å². The summed E-state index contributed by atoms with van der Waals surface area (Å²) in [4.78, 5) is 12.4. The molecule has 0 heterocycles. The molecule has 0 saturated heterocycles. The predicted molar refractivity (Wildman–Crippen MR) is 109 cm³/mol. The van der Waals surface area contributed by atoms with Crippen LogP contribution < -0.4 is 0 Å². The highest BCUT2D eigenvalue weighted by atomic mass is 16.5. The van der Waals surface area contributed by atoms with Crippen molar-refractivity contribution in [1.29, 1.82) is 5.26 Å². The molecule has 1 aromatic rings. The van der Waals surface area contributed by atoms with Crippen LogP contribution in [0.5, 0.6) is 0 Å². The Morgan fingerprint density at radius 1 is 1.15 bits per heavy atom. The molecule has 1 aliphatic carbocycles. The number of nitriles is 1. The molecule has 0 spiro atoms. The van der Waals surface area contributed by atoms with Gasteiger partial charge in [-0.1, -0.05) is 44.4 Å². The molecule has 0 aromatic heterocycles. The van der Waals surface area contributed by atoms with Crippen molar-refractivity contribution in [2.24, 2.45) is 5.92 Å². The van der Waals surface area contributed by atoms with E-state index in [2.05, 4.69) is 19.1 Å². The van der Waals surface area contributed by atoms with E-state index in [-0.39, 0.29) is 12.1 Å². The van der Waals surface area contributed by atoms with Crippen LogP contribution >= 0.6 is 0 Å². The summed E-state index contributed by atoms with van der Waals surface area (Å²) in [5.41, 5.74) is 1.96. The molecule has 1 aliphatic rings. The first-order valence-electron chi connectivity index (χ1n) is 10.6. The number of benzene rings is 1. The second kappa shape index (κ2) is 12.3. The molecule has 0 unspecified atom stereocenters. The van der Waals surface area contributed by atoms with Gasteiger partial charge in [-0.05, 0) is 75.0 Å². The van der Waals surface area contributed by atoms with E-state index >= 15 is 0 Å². The maximum Gasteiger partial charge on any atom is 0.338 e. The lowest BCUT2D eigenvalue weighted by Gasteiger charge is -2.28. The van der Waals surface area contributed by atoms with Gasteiger partial charge in [0, 0.05) is 6.08 Å². The van der Waals surface area contributed by atoms with Crippen molar-refractivity contribution in [2.75, 3.05) is 0 Å². The van der Waals surface area contributed by atoms with Gasteiger partial charge in [0.2, 0.25) is 0 Å². The second-order valence-corrected chi connectivity index (χ2v) is 7.66. The number of hydrogen-bond acceptors (Lipinski definition) is 3. The molecule has 0 N–H and O–H groups in total. The maximum atomic E-state index is 12.4. The molecular formula is C24H33NO2. The normalized spacial score (nSPS) is 19.7. The zero-order valence-electron chi connectivity index (χ0n) is 16.7. The number of aryl methyl sites for hydroxylation is 1. The Balaban J connectivity index is 1.69. The first-order chi connectivity index (χ1) is 13.2. The molecule has 1 fully saturated rings. The molecular weight excluding hydrogens is 334 g/mol. The van der Waals surface area contributed by atoms with Crippen LogP contribution in [0.3, 0.4) is 0 Å². The van der Waals surface area contributed by atoms with Gasteiger partial charge in [-0.15, -0.1) is 0 Å². The number of allylic oxidation sites excluding steroid dienone is 2. The molecule has 3 heteroatoms. The lowest BCUT2D eigenvalue weighted by Crippen LogP contribution is -2.24. The lowest BCUT2D eigenvalue weighted by molar-refractivity contribution is 0.0162. The van der Waals surface area contributed by atoms with Crippen molar-refractivity contribution in [1.82, 2.24) is 0 Å². The van der Waals surface area contributed by atoms with Crippen LogP contribution in [0.25, 0.3) is 0 Å². The van der Waals surface area contributed by atoms with Crippen molar-refractivity contribution in [3.63, 3.8) is 0 Å². The number of carbonyl (C=O) groups excluding carboxylic acids is 1. The molecule has 3 nitrogen and oxygen atoms in total. The summed E-state index contributed by atoms with van der Waals surface area (Å²) in [7, 11) is 0. The van der Waals surface area contributed by atoms with Gasteiger partial charge in [0.15, 0.2) is 0 Å². The quantitative estimate of drug-likeness (QED) is 0.274. The molecule has 2 rings (SSSR count). The fourth-order valence-electron chi connectivity index (χ4n) is 3.79. The summed E-state index contributed by atoms with van der Waals surface area (Å²) < 4.78 is 5.73. The molecule has 0 aliphatic heterocycles. The van der Waals surface area contributed by atoms with Crippen LogP contribution in [0.15, 0.2) is 36.4 Å². The average molecular weight is 368 g/mol. The third-order valence-corrected chi connectivity index (χ3v) is 5.51. The highest BCUT2D eigenvalue weighted by molar-refractivity contribution is 5.89. The number of nitrogens with zero attached hydrogens (tertiary/aromatic N) is 1. The van der Waals surface area contributed by atoms with Gasteiger partial charge in [0.1, 0.15) is 6.10 Å². The number of esters is 1. The number of rotatable bonds is 10. The fraction of sp³-hybridized carbons (Fsp3) is 0.583. The van der Waals surface area contributed by atoms with Gasteiger partial charge in [-0.25, -0.2) is 4.79 Å². The van der Waals surface area contributed by atoms with Crippen molar-refractivity contribution in [2.45, 2.75) is 83.7 Å². The monoisotopic (exact) mass is 367 g/mol. The van der Waals surface area contributed by atoms with Crippen LogP contribution in [0.2, 0.25) is 0 Å². The lowest BCUT2D eigenvalue weighted by atomic mass is 9.84. The van der Waals surface area contributed by atoms with E-state index in [1.807, 2.05) is 24.3 Å². The number of carbonyl (C=O) groups is 1. The number of hydrogen-bond donors (Lipinski definition) is 0. The van der Waals surface area contributed by atoms with E-state index in [9.17, 15) is 4.79 Å². The summed E-state index contributed by atoms with van der Waals surface area (Å²) >= 11 is 0. The zero-order chi connectivity index (χ0) is 19.3. The van der Waals surface area contributed by atoms with Gasteiger partial charge < -0.3 is 4.74 Å². The summed E-state index contributed by atoms with van der Waals surface area (Å²) in [6, 6.07) is 9.97. The van der Waals surface area contributed by atoms with Crippen LogP contribution in [0.1, 0.15) is 87.1 Å². The predicted octanol–water partition coefficient (Wildman–Crippen LogP) is 6.38. The molecule has 1 saturated carbocycles. The molecule has 0 amide bonds. The SMILES string of the molecule is CCCCCCc1ccc(C(=O)OC2CCC(CC/C=C/C#N)CC2)cc1. The Labute approximate surface area is 164 Å². The molecule has 0 radical (unpaired) electrons. The standard InChI is InChI=1S/C24H33NO2/c1-2-3-4-6-9-20-11-15-22(16-12-20)24(26)27-23-17-13-21(14-18-23)10-7-5-8-19-25/h5,8,11-12,15-16,21,23H,2-4,6-7,9-10,13-14,17-18H2,1H3/b8-5+. The minimum absolute atomic E-state index is 0.0529. The molecule has 27 heavy (non-hydrogen) atoms. The van der Waals surface area contributed by atoms with Gasteiger partial charge in [-0.3, -0.25) is 0 Å². The third kappa shape index (κ3) is 7.99. The van der Waals surface area contributed by atoms with Crippen LogP contribution in [-0.2, 0) is 11.2 Å². The highest BCUT2D eigenvalue weighted by Gasteiger charge is 2.23. The minimum atomic E-state index is -0.187. The molecule has 0 atom stereocenters. The number of ether oxygens (including phenoxy) is 1. The van der Waals surface area contributed by atoms with E-state index in [0.29, 0.717) is 11.5 Å². The zero-order valence-corrected chi connectivity index (χ0v) is 16.7. The minimum Gasteiger partial charge on any atom is -0.459 e. The van der Waals surface area contributed by atoms with Crippen LogP contribution in [0.4, 0.5) is 0 Å². The maximum absolute atomic E-state index is 12.4.